The lowest BCUT2D eigenvalue weighted by Gasteiger charge is -2.35. The van der Waals surface area contributed by atoms with Crippen LogP contribution in [0.4, 0.5) is 5.82 Å². The zero-order valence-corrected chi connectivity index (χ0v) is 25.4. The highest BCUT2D eigenvalue weighted by Gasteiger charge is 2.29. The third-order valence-corrected chi connectivity index (χ3v) is 8.48. The van der Waals surface area contributed by atoms with E-state index in [1.54, 1.807) is 4.80 Å². The number of tetrazole rings is 1. The first-order valence-electron chi connectivity index (χ1n) is 15.1. The molecule has 0 bridgehead atoms. The first-order chi connectivity index (χ1) is 21.0. The number of pyridine rings is 1. The maximum Gasteiger partial charge on any atom is 0.256 e. The minimum Gasteiger partial charge on any atom is -0.353 e. The lowest BCUT2D eigenvalue weighted by atomic mass is 10.0. The molecule has 0 spiro atoms. The number of hydrogen-bond acceptors (Lipinski definition) is 7. The van der Waals surface area contributed by atoms with Crippen molar-refractivity contribution >= 4 is 22.6 Å². The SMILES string of the molecule is CCN(CC)CCn1nnc(-c2ccc(N3CCN(C(=O)c4c(-c5ccccc5)n(C)c5ccc(C)cc45)CC3)nc2)n1. The summed E-state index contributed by atoms with van der Waals surface area (Å²) in [4.78, 5) is 27.1. The summed E-state index contributed by atoms with van der Waals surface area (Å²) in [6.07, 6.45) is 1.81. The van der Waals surface area contributed by atoms with E-state index < -0.39 is 0 Å². The van der Waals surface area contributed by atoms with Crippen LogP contribution in [0.5, 0.6) is 0 Å². The van der Waals surface area contributed by atoms with Crippen molar-refractivity contribution in [1.29, 1.82) is 0 Å². The van der Waals surface area contributed by atoms with Crippen LogP contribution in [0.15, 0.2) is 66.9 Å². The normalized spacial score (nSPS) is 13.8. The van der Waals surface area contributed by atoms with Gasteiger partial charge >= 0.3 is 0 Å². The predicted molar refractivity (Wildman–Crippen MR) is 170 cm³/mol. The van der Waals surface area contributed by atoms with Crippen LogP contribution in [0.25, 0.3) is 33.5 Å². The molecule has 1 fully saturated rings. The summed E-state index contributed by atoms with van der Waals surface area (Å²) in [6.45, 7) is 12.7. The number of fused-ring (bicyclic) bond motifs is 1. The minimum absolute atomic E-state index is 0.0770. The van der Waals surface area contributed by atoms with Crippen LogP contribution >= 0.6 is 0 Å². The van der Waals surface area contributed by atoms with E-state index >= 15 is 0 Å². The second kappa shape index (κ2) is 12.3. The van der Waals surface area contributed by atoms with Gasteiger partial charge in [0.15, 0.2) is 0 Å². The van der Waals surface area contributed by atoms with E-state index in [2.05, 4.69) is 80.9 Å². The smallest absolute Gasteiger partial charge is 0.256 e. The van der Waals surface area contributed by atoms with Crippen molar-refractivity contribution in [2.24, 2.45) is 7.05 Å². The summed E-state index contributed by atoms with van der Waals surface area (Å²) >= 11 is 0. The highest BCUT2D eigenvalue weighted by atomic mass is 16.2. The highest BCUT2D eigenvalue weighted by Crippen LogP contribution is 2.35. The van der Waals surface area contributed by atoms with Crippen molar-refractivity contribution in [1.82, 2.24) is 39.6 Å². The highest BCUT2D eigenvalue weighted by molar-refractivity contribution is 6.13. The van der Waals surface area contributed by atoms with Crippen molar-refractivity contribution in [2.45, 2.75) is 27.3 Å². The van der Waals surface area contributed by atoms with Gasteiger partial charge in [-0.3, -0.25) is 4.79 Å². The Morgan fingerprint density at radius 1 is 0.930 bits per heavy atom. The van der Waals surface area contributed by atoms with Crippen LogP contribution in [0.2, 0.25) is 0 Å². The molecule has 43 heavy (non-hydrogen) atoms. The van der Waals surface area contributed by atoms with Crippen molar-refractivity contribution < 1.29 is 4.79 Å². The molecule has 10 nitrogen and oxygen atoms in total. The van der Waals surface area contributed by atoms with Gasteiger partial charge in [-0.1, -0.05) is 55.8 Å². The van der Waals surface area contributed by atoms with E-state index in [0.29, 0.717) is 38.5 Å². The molecule has 2 aromatic carbocycles. The van der Waals surface area contributed by atoms with Gasteiger partial charge in [0.05, 0.1) is 17.8 Å². The lowest BCUT2D eigenvalue weighted by Crippen LogP contribution is -2.49. The molecule has 0 unspecified atom stereocenters. The molecule has 5 aromatic rings. The molecule has 0 saturated carbocycles. The molecule has 222 valence electrons. The van der Waals surface area contributed by atoms with Gasteiger partial charge in [-0.2, -0.15) is 4.80 Å². The Morgan fingerprint density at radius 2 is 1.70 bits per heavy atom. The van der Waals surface area contributed by atoms with Gasteiger partial charge in [0.2, 0.25) is 5.82 Å². The van der Waals surface area contributed by atoms with Gasteiger partial charge in [-0.05, 0) is 55.1 Å². The summed E-state index contributed by atoms with van der Waals surface area (Å²) in [5, 5.41) is 14.0. The summed E-state index contributed by atoms with van der Waals surface area (Å²) in [6, 6.07) is 20.6. The number of likely N-dealkylation sites (N-methyl/N-ethyl adjacent to an activating group) is 1. The van der Waals surface area contributed by atoms with Crippen molar-refractivity contribution in [3.8, 4) is 22.6 Å². The second-order valence-electron chi connectivity index (χ2n) is 11.1. The van der Waals surface area contributed by atoms with Crippen LogP contribution in [-0.2, 0) is 13.6 Å². The van der Waals surface area contributed by atoms with Crippen LogP contribution in [0.1, 0.15) is 29.8 Å². The molecule has 0 radical (unpaired) electrons. The third kappa shape index (κ3) is 5.75. The van der Waals surface area contributed by atoms with Crippen molar-refractivity contribution in [3.63, 3.8) is 0 Å². The maximum absolute atomic E-state index is 14.2. The van der Waals surface area contributed by atoms with Gasteiger partial charge in [0, 0.05) is 62.4 Å². The predicted octanol–water partition coefficient (Wildman–Crippen LogP) is 4.51. The number of rotatable bonds is 9. The van der Waals surface area contributed by atoms with E-state index in [0.717, 1.165) is 64.3 Å². The molecule has 4 heterocycles. The maximum atomic E-state index is 14.2. The molecular weight excluding hydrogens is 538 g/mol. The lowest BCUT2D eigenvalue weighted by molar-refractivity contribution is 0.0749. The number of benzene rings is 2. The average Bonchev–Trinajstić information content (AvgIpc) is 3.64. The number of hydrogen-bond donors (Lipinski definition) is 0. The number of carbonyl (C=O) groups excluding carboxylic acids is 1. The number of nitrogens with zero attached hydrogens (tertiary/aromatic N) is 9. The monoisotopic (exact) mass is 577 g/mol. The van der Waals surface area contributed by atoms with Gasteiger partial charge in [0.1, 0.15) is 5.82 Å². The molecule has 6 rings (SSSR count). The number of aryl methyl sites for hydroxylation is 2. The molecule has 1 aliphatic heterocycles. The number of amides is 1. The molecule has 0 aliphatic carbocycles. The Labute approximate surface area is 252 Å². The number of aromatic nitrogens is 6. The first kappa shape index (κ1) is 28.5. The molecule has 0 atom stereocenters. The number of carbonyl (C=O) groups is 1. The first-order valence-corrected chi connectivity index (χ1v) is 15.1. The Kier molecular flexibility index (Phi) is 8.20. The van der Waals surface area contributed by atoms with E-state index in [-0.39, 0.29) is 5.91 Å². The molecule has 1 saturated heterocycles. The van der Waals surface area contributed by atoms with Crippen LogP contribution in [0.3, 0.4) is 0 Å². The van der Waals surface area contributed by atoms with Crippen molar-refractivity contribution in [3.05, 3.63) is 78.0 Å². The molecular formula is C33H39N9O. The number of anilines is 1. The fourth-order valence-corrected chi connectivity index (χ4v) is 5.94. The zero-order chi connectivity index (χ0) is 29.9. The summed E-state index contributed by atoms with van der Waals surface area (Å²) < 4.78 is 2.15. The number of piperazine rings is 1. The fourth-order valence-electron chi connectivity index (χ4n) is 5.94. The van der Waals surface area contributed by atoms with Crippen LogP contribution < -0.4 is 4.90 Å². The molecule has 3 aromatic heterocycles. The van der Waals surface area contributed by atoms with Gasteiger partial charge < -0.3 is 19.3 Å². The Bertz CT molecular complexity index is 1700. The summed E-state index contributed by atoms with van der Waals surface area (Å²) in [5.74, 6) is 1.54. The quantitative estimate of drug-likeness (QED) is 0.255. The topological polar surface area (TPSA) is 88.2 Å². The average molecular weight is 578 g/mol. The van der Waals surface area contributed by atoms with Crippen molar-refractivity contribution in [2.75, 3.05) is 50.7 Å². The van der Waals surface area contributed by atoms with E-state index in [4.69, 9.17) is 4.98 Å². The summed E-state index contributed by atoms with van der Waals surface area (Å²) in [5.41, 5.74) is 5.83. The second-order valence-corrected chi connectivity index (χ2v) is 11.1. The standard InChI is InChI=1S/C33H39N9O/c1-5-39(6-2)16-21-42-36-32(35-37-42)26-13-15-29(34-23-26)40-17-19-41(20-18-40)33(43)30-27-22-24(3)12-14-28(27)38(4)31(30)25-10-8-7-9-11-25/h7-15,22-23H,5-6,16-21H2,1-4H3. The molecule has 0 N–H and O–H groups in total. The molecule has 1 aliphatic rings. The van der Waals surface area contributed by atoms with E-state index in [9.17, 15) is 4.79 Å². The zero-order valence-electron chi connectivity index (χ0n) is 25.4. The Balaban J connectivity index is 1.15. The molecule has 1 amide bonds. The van der Waals surface area contributed by atoms with Crippen LogP contribution in [-0.4, -0.2) is 91.3 Å². The van der Waals surface area contributed by atoms with Gasteiger partial charge in [-0.15, -0.1) is 10.2 Å². The van der Waals surface area contributed by atoms with E-state index in [1.165, 1.54) is 0 Å². The largest absolute Gasteiger partial charge is 0.353 e. The van der Waals surface area contributed by atoms with Gasteiger partial charge in [-0.25, -0.2) is 4.98 Å². The Morgan fingerprint density at radius 3 is 2.40 bits per heavy atom. The molecule has 10 heteroatoms. The van der Waals surface area contributed by atoms with Gasteiger partial charge in [0.25, 0.3) is 5.91 Å². The minimum atomic E-state index is 0.0770. The van der Waals surface area contributed by atoms with Crippen LogP contribution in [0, 0.1) is 6.92 Å². The third-order valence-electron chi connectivity index (χ3n) is 8.48. The van der Waals surface area contributed by atoms with E-state index in [1.807, 2.05) is 48.5 Å². The summed E-state index contributed by atoms with van der Waals surface area (Å²) in [7, 11) is 2.05. The Hall–Kier alpha value is -4.57. The fraction of sp³-hybridized carbons (Fsp3) is 0.364.